The standard InChI is InChI=1S/C27H39N3O5S/c1-9-22(26(32)28-27(4,5)6)29(17-21-13-10-19(2)11-14-21)25(31)18-30(36(8,33)34)23-16-20(3)12-15-24(23)35-7/h10-16,22H,9,17-18H2,1-8H3,(H,28,32)/t22-/m1/s1. The predicted molar refractivity (Wildman–Crippen MR) is 144 cm³/mol. The van der Waals surface area contributed by atoms with E-state index >= 15 is 0 Å². The number of benzene rings is 2. The highest BCUT2D eigenvalue weighted by atomic mass is 32.2. The quantitative estimate of drug-likeness (QED) is 0.517. The molecule has 0 fully saturated rings. The van der Waals surface area contributed by atoms with Gasteiger partial charge in [-0.05, 0) is 64.3 Å². The molecule has 0 unspecified atom stereocenters. The fourth-order valence-corrected chi connectivity index (χ4v) is 4.70. The van der Waals surface area contributed by atoms with Crippen LogP contribution in [-0.4, -0.2) is 56.6 Å². The van der Waals surface area contributed by atoms with Crippen LogP contribution in [0.3, 0.4) is 0 Å². The van der Waals surface area contributed by atoms with Crippen molar-refractivity contribution in [2.75, 3.05) is 24.2 Å². The van der Waals surface area contributed by atoms with E-state index in [1.54, 1.807) is 18.2 Å². The normalized spacial score (nSPS) is 12.6. The first-order valence-electron chi connectivity index (χ1n) is 12.0. The molecule has 8 nitrogen and oxygen atoms in total. The zero-order chi connectivity index (χ0) is 27.3. The van der Waals surface area contributed by atoms with Gasteiger partial charge in [0.15, 0.2) is 0 Å². The van der Waals surface area contributed by atoms with Gasteiger partial charge in [-0.1, -0.05) is 42.8 Å². The maximum Gasteiger partial charge on any atom is 0.244 e. The van der Waals surface area contributed by atoms with Crippen molar-refractivity contribution in [1.82, 2.24) is 10.2 Å². The van der Waals surface area contributed by atoms with Gasteiger partial charge in [-0.25, -0.2) is 8.42 Å². The number of nitrogens with one attached hydrogen (secondary N) is 1. The van der Waals surface area contributed by atoms with Gasteiger partial charge in [0.25, 0.3) is 0 Å². The molecule has 2 amide bonds. The number of rotatable bonds is 10. The van der Waals surface area contributed by atoms with E-state index < -0.39 is 34.1 Å². The summed E-state index contributed by atoms with van der Waals surface area (Å²) in [6.07, 6.45) is 1.42. The smallest absolute Gasteiger partial charge is 0.244 e. The second-order valence-electron chi connectivity index (χ2n) is 10.1. The molecule has 36 heavy (non-hydrogen) atoms. The maximum atomic E-state index is 13.8. The van der Waals surface area contributed by atoms with Crippen LogP contribution < -0.4 is 14.4 Å². The van der Waals surface area contributed by atoms with Crippen molar-refractivity contribution in [3.63, 3.8) is 0 Å². The Morgan fingerprint density at radius 3 is 2.11 bits per heavy atom. The number of anilines is 1. The zero-order valence-electron chi connectivity index (χ0n) is 22.6. The Labute approximate surface area is 215 Å². The minimum atomic E-state index is -3.85. The van der Waals surface area contributed by atoms with Crippen molar-refractivity contribution in [1.29, 1.82) is 0 Å². The van der Waals surface area contributed by atoms with E-state index in [4.69, 9.17) is 4.74 Å². The summed E-state index contributed by atoms with van der Waals surface area (Å²) < 4.78 is 32.1. The molecule has 0 saturated heterocycles. The van der Waals surface area contributed by atoms with Crippen LogP contribution in [0, 0.1) is 13.8 Å². The molecule has 9 heteroatoms. The van der Waals surface area contributed by atoms with Gasteiger partial charge < -0.3 is 15.0 Å². The molecule has 0 bridgehead atoms. The van der Waals surface area contributed by atoms with Crippen molar-refractivity contribution in [2.45, 2.75) is 66.1 Å². The molecule has 0 radical (unpaired) electrons. The van der Waals surface area contributed by atoms with Crippen LogP contribution in [0.25, 0.3) is 0 Å². The molecule has 0 aliphatic rings. The van der Waals surface area contributed by atoms with Crippen LogP contribution in [0.15, 0.2) is 42.5 Å². The van der Waals surface area contributed by atoms with E-state index in [1.165, 1.54) is 12.0 Å². The van der Waals surface area contributed by atoms with Crippen molar-refractivity contribution < 1.29 is 22.7 Å². The lowest BCUT2D eigenvalue weighted by Gasteiger charge is -2.34. The highest BCUT2D eigenvalue weighted by Crippen LogP contribution is 2.31. The minimum Gasteiger partial charge on any atom is -0.495 e. The molecule has 1 atom stereocenters. The molecule has 0 heterocycles. The average Bonchev–Trinajstić information content (AvgIpc) is 2.76. The summed E-state index contributed by atoms with van der Waals surface area (Å²) in [5.74, 6) is -0.439. The van der Waals surface area contributed by atoms with Gasteiger partial charge in [0.05, 0.1) is 19.1 Å². The average molecular weight is 518 g/mol. The van der Waals surface area contributed by atoms with Crippen LogP contribution in [-0.2, 0) is 26.2 Å². The van der Waals surface area contributed by atoms with Gasteiger partial charge in [-0.2, -0.15) is 0 Å². The van der Waals surface area contributed by atoms with Crippen LogP contribution in [0.2, 0.25) is 0 Å². The summed E-state index contributed by atoms with van der Waals surface area (Å²) in [6, 6.07) is 12.0. The molecule has 198 valence electrons. The van der Waals surface area contributed by atoms with Crippen molar-refractivity contribution in [3.8, 4) is 5.75 Å². The van der Waals surface area contributed by atoms with E-state index in [2.05, 4.69) is 5.32 Å². The summed E-state index contributed by atoms with van der Waals surface area (Å²) in [4.78, 5) is 28.5. The highest BCUT2D eigenvalue weighted by molar-refractivity contribution is 7.92. The summed E-state index contributed by atoms with van der Waals surface area (Å²) in [6.45, 7) is 11.0. The first-order chi connectivity index (χ1) is 16.7. The Kier molecular flexibility index (Phi) is 9.54. The lowest BCUT2D eigenvalue weighted by Crippen LogP contribution is -2.55. The minimum absolute atomic E-state index is 0.164. The largest absolute Gasteiger partial charge is 0.495 e. The zero-order valence-corrected chi connectivity index (χ0v) is 23.4. The molecule has 2 aromatic rings. The summed E-state index contributed by atoms with van der Waals surface area (Å²) in [5.41, 5.74) is 2.52. The number of carbonyl (C=O) groups is 2. The molecule has 0 saturated carbocycles. The predicted octanol–water partition coefficient (Wildman–Crippen LogP) is 3.80. The van der Waals surface area contributed by atoms with E-state index in [-0.39, 0.29) is 18.1 Å². The number of nitrogens with zero attached hydrogens (tertiary/aromatic N) is 2. The molecule has 1 N–H and O–H groups in total. The number of methoxy groups -OCH3 is 1. The van der Waals surface area contributed by atoms with Gasteiger partial charge in [-0.15, -0.1) is 0 Å². The van der Waals surface area contributed by atoms with Gasteiger partial charge in [0.1, 0.15) is 18.3 Å². The van der Waals surface area contributed by atoms with E-state index in [9.17, 15) is 18.0 Å². The van der Waals surface area contributed by atoms with Gasteiger partial charge >= 0.3 is 0 Å². The fraction of sp³-hybridized carbons (Fsp3) is 0.481. The number of amides is 2. The summed E-state index contributed by atoms with van der Waals surface area (Å²) >= 11 is 0. The number of sulfonamides is 1. The Bertz CT molecular complexity index is 1170. The van der Waals surface area contributed by atoms with E-state index in [0.29, 0.717) is 12.2 Å². The third kappa shape index (κ3) is 7.98. The Morgan fingerprint density at radius 2 is 1.61 bits per heavy atom. The Balaban J connectivity index is 2.52. The molecule has 2 aromatic carbocycles. The molecule has 0 aliphatic carbocycles. The maximum absolute atomic E-state index is 13.8. The number of hydrogen-bond donors (Lipinski definition) is 1. The van der Waals surface area contributed by atoms with E-state index in [1.807, 2.05) is 65.8 Å². The summed E-state index contributed by atoms with van der Waals surface area (Å²) in [7, 11) is -2.40. The van der Waals surface area contributed by atoms with Crippen LogP contribution >= 0.6 is 0 Å². The van der Waals surface area contributed by atoms with Gasteiger partial charge in [-0.3, -0.25) is 13.9 Å². The first-order valence-corrected chi connectivity index (χ1v) is 13.8. The Hall–Kier alpha value is -3.07. The Morgan fingerprint density at radius 1 is 1.03 bits per heavy atom. The molecule has 0 aliphatic heterocycles. The van der Waals surface area contributed by atoms with Crippen LogP contribution in [0.1, 0.15) is 50.8 Å². The van der Waals surface area contributed by atoms with Crippen molar-refractivity contribution in [2.24, 2.45) is 0 Å². The fourth-order valence-electron chi connectivity index (χ4n) is 3.85. The van der Waals surface area contributed by atoms with Crippen molar-refractivity contribution in [3.05, 3.63) is 59.2 Å². The highest BCUT2D eigenvalue weighted by Gasteiger charge is 2.33. The van der Waals surface area contributed by atoms with Crippen molar-refractivity contribution >= 4 is 27.5 Å². The third-order valence-corrected chi connectivity index (χ3v) is 6.77. The number of ether oxygens (including phenoxy) is 1. The number of carbonyl (C=O) groups excluding carboxylic acids is 2. The van der Waals surface area contributed by atoms with Crippen LogP contribution in [0.4, 0.5) is 5.69 Å². The lowest BCUT2D eigenvalue weighted by atomic mass is 10.1. The topological polar surface area (TPSA) is 96.0 Å². The molecular weight excluding hydrogens is 478 g/mol. The SMILES string of the molecule is CC[C@H](C(=O)NC(C)(C)C)N(Cc1ccc(C)cc1)C(=O)CN(c1cc(C)ccc1OC)S(C)(=O)=O. The number of aryl methyl sites for hydroxylation is 2. The van der Waals surface area contributed by atoms with Gasteiger partial charge in [0, 0.05) is 12.1 Å². The molecule has 2 rings (SSSR count). The molecule has 0 spiro atoms. The monoisotopic (exact) mass is 517 g/mol. The first kappa shape index (κ1) is 29.2. The summed E-state index contributed by atoms with van der Waals surface area (Å²) in [5, 5.41) is 2.96. The van der Waals surface area contributed by atoms with E-state index in [0.717, 1.165) is 27.3 Å². The lowest BCUT2D eigenvalue weighted by molar-refractivity contribution is -0.141. The molecular formula is C27H39N3O5S. The second-order valence-corrected chi connectivity index (χ2v) is 12.0. The molecule has 0 aromatic heterocycles. The third-order valence-electron chi connectivity index (χ3n) is 5.64. The second kappa shape index (κ2) is 11.8. The van der Waals surface area contributed by atoms with Crippen LogP contribution in [0.5, 0.6) is 5.75 Å². The number of hydrogen-bond acceptors (Lipinski definition) is 5. The van der Waals surface area contributed by atoms with Gasteiger partial charge in [0.2, 0.25) is 21.8 Å².